The minimum atomic E-state index is -3.84. The number of sulfonamides is 1. The zero-order valence-corrected chi connectivity index (χ0v) is 9.94. The standard InChI is InChI=1S/C10H10N4O3S/c11-7-1-3-8(4-2-7)18(16,17)14-9-10(15)13-6-5-12-9/h1-6H,11H2,(H,12,14)(H,13,15). The number of nitrogens with one attached hydrogen (secondary N) is 2. The van der Waals surface area contributed by atoms with E-state index < -0.39 is 15.6 Å². The molecular formula is C10H10N4O3S. The Kier molecular flexibility index (Phi) is 3.02. The number of nitrogens with two attached hydrogens (primary N) is 1. The van der Waals surface area contributed by atoms with Crippen LogP contribution in [-0.4, -0.2) is 18.4 Å². The number of benzene rings is 1. The molecule has 2 rings (SSSR count). The van der Waals surface area contributed by atoms with Gasteiger partial charge in [-0.3, -0.25) is 9.52 Å². The molecule has 0 aliphatic rings. The van der Waals surface area contributed by atoms with E-state index in [0.717, 1.165) is 0 Å². The maximum atomic E-state index is 11.9. The summed E-state index contributed by atoms with van der Waals surface area (Å²) < 4.78 is 25.9. The van der Waals surface area contributed by atoms with Crippen molar-refractivity contribution >= 4 is 21.5 Å². The molecular weight excluding hydrogens is 256 g/mol. The van der Waals surface area contributed by atoms with Crippen LogP contribution in [0.1, 0.15) is 0 Å². The number of H-pyrrole nitrogens is 1. The predicted octanol–water partition coefficient (Wildman–Crippen LogP) is 0.153. The van der Waals surface area contributed by atoms with Gasteiger partial charge >= 0.3 is 0 Å². The molecule has 0 saturated heterocycles. The molecule has 1 aromatic heterocycles. The molecule has 0 spiro atoms. The zero-order chi connectivity index (χ0) is 13.2. The quantitative estimate of drug-likeness (QED) is 0.683. The van der Waals surface area contributed by atoms with Crippen molar-refractivity contribution in [2.24, 2.45) is 0 Å². The largest absolute Gasteiger partial charge is 0.399 e. The van der Waals surface area contributed by atoms with Gasteiger partial charge in [0.05, 0.1) is 4.90 Å². The molecule has 0 saturated carbocycles. The summed E-state index contributed by atoms with van der Waals surface area (Å²) in [5.41, 5.74) is 5.30. The van der Waals surface area contributed by atoms with Crippen LogP contribution in [0.3, 0.4) is 0 Å². The minimum absolute atomic E-state index is 0.00162. The SMILES string of the molecule is Nc1ccc(S(=O)(=O)Nc2ncc[nH]c2=O)cc1. The van der Waals surface area contributed by atoms with E-state index in [0.29, 0.717) is 5.69 Å². The molecule has 0 aliphatic heterocycles. The molecule has 18 heavy (non-hydrogen) atoms. The first-order chi connectivity index (χ1) is 8.49. The predicted molar refractivity (Wildman–Crippen MR) is 66.5 cm³/mol. The number of hydrogen-bond donors (Lipinski definition) is 3. The summed E-state index contributed by atoms with van der Waals surface area (Å²) >= 11 is 0. The van der Waals surface area contributed by atoms with Gasteiger partial charge < -0.3 is 10.7 Å². The number of aromatic amines is 1. The molecule has 4 N–H and O–H groups in total. The van der Waals surface area contributed by atoms with Crippen molar-refractivity contribution in [2.75, 3.05) is 10.5 Å². The Labute approximate surface area is 103 Å². The molecule has 8 heteroatoms. The number of nitrogens with zero attached hydrogens (tertiary/aromatic N) is 1. The normalized spacial score (nSPS) is 11.1. The van der Waals surface area contributed by atoms with Gasteiger partial charge in [0, 0.05) is 18.1 Å². The van der Waals surface area contributed by atoms with Gasteiger partial charge in [0.25, 0.3) is 15.6 Å². The summed E-state index contributed by atoms with van der Waals surface area (Å²) in [6.07, 6.45) is 2.59. The maximum Gasteiger partial charge on any atom is 0.291 e. The first-order valence-corrected chi connectivity index (χ1v) is 6.39. The number of rotatable bonds is 3. The van der Waals surface area contributed by atoms with E-state index >= 15 is 0 Å². The van der Waals surface area contributed by atoms with Crippen molar-refractivity contribution in [1.29, 1.82) is 0 Å². The zero-order valence-electron chi connectivity index (χ0n) is 9.12. The highest BCUT2D eigenvalue weighted by Crippen LogP contribution is 2.13. The third kappa shape index (κ3) is 2.48. The van der Waals surface area contributed by atoms with E-state index in [1.165, 1.54) is 36.7 Å². The fourth-order valence-corrected chi connectivity index (χ4v) is 2.27. The topological polar surface area (TPSA) is 118 Å². The van der Waals surface area contributed by atoms with Crippen LogP contribution in [0.15, 0.2) is 46.3 Å². The van der Waals surface area contributed by atoms with Crippen LogP contribution < -0.4 is 16.0 Å². The van der Waals surface area contributed by atoms with Gasteiger partial charge in [0.1, 0.15) is 0 Å². The molecule has 0 bridgehead atoms. The average molecular weight is 266 g/mol. The Morgan fingerprint density at radius 3 is 2.50 bits per heavy atom. The fourth-order valence-electron chi connectivity index (χ4n) is 1.26. The van der Waals surface area contributed by atoms with Crippen LogP contribution in [0.2, 0.25) is 0 Å². The monoisotopic (exact) mass is 266 g/mol. The highest BCUT2D eigenvalue weighted by atomic mass is 32.2. The van der Waals surface area contributed by atoms with Crippen molar-refractivity contribution in [3.8, 4) is 0 Å². The van der Waals surface area contributed by atoms with Crippen molar-refractivity contribution in [3.05, 3.63) is 47.0 Å². The number of hydrogen-bond acceptors (Lipinski definition) is 5. The van der Waals surface area contributed by atoms with Gasteiger partial charge in [-0.2, -0.15) is 0 Å². The van der Waals surface area contributed by atoms with E-state index in [1.54, 1.807) is 0 Å². The van der Waals surface area contributed by atoms with Crippen molar-refractivity contribution < 1.29 is 8.42 Å². The van der Waals surface area contributed by atoms with Gasteiger partial charge in [-0.1, -0.05) is 0 Å². The molecule has 94 valence electrons. The molecule has 0 fully saturated rings. The molecule has 0 unspecified atom stereocenters. The van der Waals surface area contributed by atoms with E-state index in [1.807, 2.05) is 0 Å². The van der Waals surface area contributed by atoms with Crippen LogP contribution in [0, 0.1) is 0 Å². The smallest absolute Gasteiger partial charge is 0.291 e. The van der Waals surface area contributed by atoms with E-state index in [2.05, 4.69) is 14.7 Å². The lowest BCUT2D eigenvalue weighted by Gasteiger charge is -2.06. The Morgan fingerprint density at radius 2 is 1.89 bits per heavy atom. The molecule has 2 aromatic rings. The lowest BCUT2D eigenvalue weighted by Crippen LogP contribution is -2.21. The minimum Gasteiger partial charge on any atom is -0.399 e. The van der Waals surface area contributed by atoms with Crippen LogP contribution in [0.4, 0.5) is 11.5 Å². The van der Waals surface area contributed by atoms with Crippen LogP contribution in [0.5, 0.6) is 0 Å². The fraction of sp³-hybridized carbons (Fsp3) is 0. The Hall–Kier alpha value is -2.35. The summed E-state index contributed by atoms with van der Waals surface area (Å²) in [4.78, 5) is 17.3. The van der Waals surface area contributed by atoms with Gasteiger partial charge in [-0.15, -0.1) is 0 Å². The van der Waals surface area contributed by atoms with E-state index in [9.17, 15) is 13.2 Å². The molecule has 1 aromatic carbocycles. The van der Waals surface area contributed by atoms with Crippen molar-refractivity contribution in [1.82, 2.24) is 9.97 Å². The lowest BCUT2D eigenvalue weighted by atomic mass is 10.3. The summed E-state index contributed by atoms with van der Waals surface area (Å²) in [5.74, 6) is -0.283. The van der Waals surface area contributed by atoms with Crippen LogP contribution >= 0.6 is 0 Å². The second-order valence-electron chi connectivity index (χ2n) is 3.44. The van der Waals surface area contributed by atoms with Gasteiger partial charge in [-0.25, -0.2) is 13.4 Å². The molecule has 1 heterocycles. The van der Waals surface area contributed by atoms with Gasteiger partial charge in [-0.05, 0) is 24.3 Å². The Balaban J connectivity index is 2.36. The first-order valence-electron chi connectivity index (χ1n) is 4.91. The highest BCUT2D eigenvalue weighted by molar-refractivity contribution is 7.92. The summed E-state index contributed by atoms with van der Waals surface area (Å²) in [7, 11) is -3.84. The molecule has 0 aliphatic carbocycles. The first kappa shape index (κ1) is 12.1. The van der Waals surface area contributed by atoms with Crippen molar-refractivity contribution in [2.45, 2.75) is 4.90 Å². The lowest BCUT2D eigenvalue weighted by molar-refractivity contribution is 0.601. The highest BCUT2D eigenvalue weighted by Gasteiger charge is 2.16. The van der Waals surface area contributed by atoms with Crippen molar-refractivity contribution in [3.63, 3.8) is 0 Å². The Morgan fingerprint density at radius 1 is 1.22 bits per heavy atom. The second kappa shape index (κ2) is 4.49. The van der Waals surface area contributed by atoms with Gasteiger partial charge in [0.2, 0.25) is 5.82 Å². The molecule has 0 atom stereocenters. The van der Waals surface area contributed by atoms with Gasteiger partial charge in [0.15, 0.2) is 0 Å². The number of aromatic nitrogens is 2. The average Bonchev–Trinajstić information content (AvgIpc) is 2.32. The van der Waals surface area contributed by atoms with Crippen LogP contribution in [0.25, 0.3) is 0 Å². The molecule has 0 radical (unpaired) electrons. The summed E-state index contributed by atoms with van der Waals surface area (Å²) in [6.45, 7) is 0. The third-order valence-electron chi connectivity index (χ3n) is 2.13. The Bertz CT molecular complexity index is 706. The van der Waals surface area contributed by atoms with E-state index in [-0.39, 0.29) is 10.7 Å². The third-order valence-corrected chi connectivity index (χ3v) is 3.48. The second-order valence-corrected chi connectivity index (χ2v) is 5.12. The molecule has 0 amide bonds. The van der Waals surface area contributed by atoms with E-state index in [4.69, 9.17) is 5.73 Å². The number of anilines is 2. The summed E-state index contributed by atoms with van der Waals surface area (Å²) in [6, 6.07) is 5.60. The number of nitrogen functional groups attached to an aromatic ring is 1. The maximum absolute atomic E-state index is 11.9. The summed E-state index contributed by atoms with van der Waals surface area (Å²) in [5, 5.41) is 0. The molecule has 7 nitrogen and oxygen atoms in total. The van der Waals surface area contributed by atoms with Crippen LogP contribution in [-0.2, 0) is 10.0 Å².